The van der Waals surface area contributed by atoms with E-state index in [0.717, 1.165) is 12.1 Å². The van der Waals surface area contributed by atoms with Crippen LogP contribution in [0.4, 0.5) is 13.2 Å². The number of hydrogen-bond donors (Lipinski definition) is 0. The lowest BCUT2D eigenvalue weighted by atomic mass is 10.1. The Balaban J connectivity index is 2.08. The summed E-state index contributed by atoms with van der Waals surface area (Å²) >= 11 is 0. The number of aromatic nitrogens is 2. The van der Waals surface area contributed by atoms with Crippen molar-refractivity contribution in [3.05, 3.63) is 63.9 Å². The molecule has 7 heteroatoms. The van der Waals surface area contributed by atoms with E-state index in [1.807, 2.05) is 6.92 Å². The number of benzene rings is 1. The second-order valence-corrected chi connectivity index (χ2v) is 6.00. The second-order valence-electron chi connectivity index (χ2n) is 6.00. The van der Waals surface area contributed by atoms with E-state index < -0.39 is 11.7 Å². The van der Waals surface area contributed by atoms with Crippen molar-refractivity contribution in [3.8, 4) is 11.6 Å². The summed E-state index contributed by atoms with van der Waals surface area (Å²) in [5.74, 6) is 0.267. The van der Waals surface area contributed by atoms with E-state index >= 15 is 0 Å². The fourth-order valence-electron chi connectivity index (χ4n) is 3.13. The third-order valence-electron chi connectivity index (χ3n) is 4.21. The van der Waals surface area contributed by atoms with Gasteiger partial charge in [0.05, 0.1) is 22.2 Å². The molecule has 25 heavy (non-hydrogen) atoms. The van der Waals surface area contributed by atoms with Crippen molar-refractivity contribution in [1.82, 2.24) is 9.55 Å². The molecule has 0 spiro atoms. The molecule has 3 aromatic rings. The summed E-state index contributed by atoms with van der Waals surface area (Å²) in [7, 11) is 0. The Labute approximate surface area is 140 Å². The molecule has 0 fully saturated rings. The van der Waals surface area contributed by atoms with Crippen molar-refractivity contribution in [3.63, 3.8) is 0 Å². The zero-order chi connectivity index (χ0) is 17.8. The van der Waals surface area contributed by atoms with E-state index in [1.165, 1.54) is 16.8 Å². The van der Waals surface area contributed by atoms with Crippen LogP contribution in [-0.4, -0.2) is 15.7 Å². The smallest absolute Gasteiger partial charge is 0.416 e. The molecular formula is C18H13F3N2O2. The van der Waals surface area contributed by atoms with Crippen LogP contribution in [0.25, 0.3) is 16.7 Å². The lowest BCUT2D eigenvalue weighted by molar-refractivity contribution is -0.137. The van der Waals surface area contributed by atoms with Crippen LogP contribution in [0.3, 0.4) is 0 Å². The fraction of sp³-hybridized carbons (Fsp3) is 0.222. The summed E-state index contributed by atoms with van der Waals surface area (Å²) < 4.78 is 46.5. The van der Waals surface area contributed by atoms with Crippen LogP contribution in [0, 0.1) is 0 Å². The van der Waals surface area contributed by atoms with E-state index in [2.05, 4.69) is 4.98 Å². The fourth-order valence-corrected chi connectivity index (χ4v) is 3.13. The molecule has 0 saturated carbocycles. The number of nitrogens with zero attached hydrogens (tertiary/aromatic N) is 2. The summed E-state index contributed by atoms with van der Waals surface area (Å²) in [6.45, 7) is 1.81. The Kier molecular flexibility index (Phi) is 3.35. The molecule has 0 N–H and O–H groups in total. The van der Waals surface area contributed by atoms with Gasteiger partial charge in [-0.1, -0.05) is 6.07 Å². The Bertz CT molecular complexity index is 1040. The molecule has 1 aliphatic heterocycles. The Hall–Kier alpha value is -2.83. The first kappa shape index (κ1) is 15.7. The van der Waals surface area contributed by atoms with Crippen molar-refractivity contribution in [2.45, 2.75) is 25.6 Å². The summed E-state index contributed by atoms with van der Waals surface area (Å²) in [6.07, 6.45) is -2.78. The summed E-state index contributed by atoms with van der Waals surface area (Å²) in [5, 5.41) is 0.358. The minimum atomic E-state index is -4.46. The molecule has 1 atom stereocenters. The van der Waals surface area contributed by atoms with Crippen LogP contribution in [0.15, 0.2) is 47.4 Å². The number of ether oxygens (including phenoxy) is 1. The molecule has 3 heterocycles. The predicted octanol–water partition coefficient (Wildman–Crippen LogP) is 3.73. The molecule has 4 rings (SSSR count). The van der Waals surface area contributed by atoms with Gasteiger partial charge in [-0.2, -0.15) is 13.2 Å². The second kappa shape index (κ2) is 5.34. The van der Waals surface area contributed by atoms with Crippen molar-refractivity contribution in [1.29, 1.82) is 0 Å². The van der Waals surface area contributed by atoms with Gasteiger partial charge in [0.15, 0.2) is 11.1 Å². The molecule has 1 aromatic carbocycles. The first-order valence-electron chi connectivity index (χ1n) is 7.73. The number of alkyl halides is 3. The predicted molar refractivity (Wildman–Crippen MR) is 86.1 cm³/mol. The molecule has 0 radical (unpaired) electrons. The van der Waals surface area contributed by atoms with E-state index in [-0.39, 0.29) is 28.7 Å². The number of halogens is 3. The quantitative estimate of drug-likeness (QED) is 0.674. The zero-order valence-electron chi connectivity index (χ0n) is 13.2. The van der Waals surface area contributed by atoms with E-state index in [1.54, 1.807) is 18.2 Å². The number of pyridine rings is 2. The van der Waals surface area contributed by atoms with Gasteiger partial charge < -0.3 is 4.74 Å². The zero-order valence-corrected chi connectivity index (χ0v) is 13.2. The molecule has 4 nitrogen and oxygen atoms in total. The molecular weight excluding hydrogens is 333 g/mol. The normalized spacial score (nSPS) is 16.7. The highest BCUT2D eigenvalue weighted by atomic mass is 19.4. The van der Waals surface area contributed by atoms with E-state index in [4.69, 9.17) is 4.74 Å². The summed E-state index contributed by atoms with van der Waals surface area (Å²) in [4.78, 5) is 16.9. The molecule has 0 bridgehead atoms. The highest BCUT2D eigenvalue weighted by Crippen LogP contribution is 2.35. The van der Waals surface area contributed by atoms with Gasteiger partial charge in [-0.05, 0) is 37.3 Å². The maximum atomic E-state index is 13.1. The highest BCUT2D eigenvalue weighted by Gasteiger charge is 2.32. The number of fused-ring (bicyclic) bond motifs is 2. The maximum Gasteiger partial charge on any atom is 0.416 e. The first-order chi connectivity index (χ1) is 11.9. The van der Waals surface area contributed by atoms with Gasteiger partial charge in [0.1, 0.15) is 6.10 Å². The third-order valence-corrected chi connectivity index (χ3v) is 4.21. The highest BCUT2D eigenvalue weighted by molar-refractivity contribution is 5.79. The largest absolute Gasteiger partial charge is 0.475 e. The standard InChI is InChI=1S/C18H13F3N2O2/c1-10-8-14-15(24)13-6-3-7-22-16(13)23(17(14)25-10)12-5-2-4-11(9-12)18(19,20)21/h2-7,9-10H,8H2,1H3. The van der Waals surface area contributed by atoms with Gasteiger partial charge in [-0.25, -0.2) is 4.98 Å². The number of rotatable bonds is 1. The van der Waals surface area contributed by atoms with Crippen LogP contribution < -0.4 is 10.2 Å². The van der Waals surface area contributed by atoms with Crippen molar-refractivity contribution in [2.75, 3.05) is 0 Å². The van der Waals surface area contributed by atoms with Gasteiger partial charge in [0.2, 0.25) is 5.88 Å². The molecule has 1 unspecified atom stereocenters. The molecule has 2 aromatic heterocycles. The van der Waals surface area contributed by atoms with Gasteiger partial charge in [0, 0.05) is 12.6 Å². The van der Waals surface area contributed by atoms with Gasteiger partial charge in [-0.3, -0.25) is 9.36 Å². The minimum Gasteiger partial charge on any atom is -0.475 e. The Morgan fingerprint density at radius 3 is 2.80 bits per heavy atom. The van der Waals surface area contributed by atoms with Crippen molar-refractivity contribution in [2.24, 2.45) is 0 Å². The maximum absolute atomic E-state index is 13.1. The Morgan fingerprint density at radius 2 is 2.04 bits per heavy atom. The average Bonchev–Trinajstić information content (AvgIpc) is 2.96. The summed E-state index contributed by atoms with van der Waals surface area (Å²) in [5.41, 5.74) is 0.0345. The minimum absolute atomic E-state index is 0.189. The van der Waals surface area contributed by atoms with Crippen molar-refractivity contribution >= 4 is 11.0 Å². The van der Waals surface area contributed by atoms with Crippen molar-refractivity contribution < 1.29 is 17.9 Å². The number of hydrogen-bond acceptors (Lipinski definition) is 3. The van der Waals surface area contributed by atoms with Gasteiger partial charge >= 0.3 is 6.18 Å². The van der Waals surface area contributed by atoms with Crippen LogP contribution in [0.2, 0.25) is 0 Å². The SMILES string of the molecule is CC1Cc2c(n(-c3cccc(C(F)(F)F)c3)c3ncccc3c2=O)O1. The van der Waals surface area contributed by atoms with Crippen LogP contribution in [0.5, 0.6) is 5.88 Å². The lowest BCUT2D eigenvalue weighted by Crippen LogP contribution is -2.14. The van der Waals surface area contributed by atoms with Gasteiger partial charge in [-0.15, -0.1) is 0 Å². The van der Waals surface area contributed by atoms with Crippen LogP contribution in [0.1, 0.15) is 18.1 Å². The van der Waals surface area contributed by atoms with E-state index in [0.29, 0.717) is 17.4 Å². The molecule has 0 saturated heterocycles. The molecule has 128 valence electrons. The molecule has 0 amide bonds. The Morgan fingerprint density at radius 1 is 1.24 bits per heavy atom. The lowest BCUT2D eigenvalue weighted by Gasteiger charge is -2.17. The van der Waals surface area contributed by atoms with E-state index in [9.17, 15) is 18.0 Å². The third kappa shape index (κ3) is 2.47. The average molecular weight is 346 g/mol. The monoisotopic (exact) mass is 346 g/mol. The van der Waals surface area contributed by atoms with Crippen LogP contribution >= 0.6 is 0 Å². The van der Waals surface area contributed by atoms with Crippen LogP contribution in [-0.2, 0) is 12.6 Å². The van der Waals surface area contributed by atoms with Gasteiger partial charge in [0.25, 0.3) is 0 Å². The topological polar surface area (TPSA) is 44.1 Å². The molecule has 0 aliphatic carbocycles. The summed E-state index contributed by atoms with van der Waals surface area (Å²) in [6, 6.07) is 8.16. The molecule has 1 aliphatic rings. The first-order valence-corrected chi connectivity index (χ1v) is 7.73.